The third-order valence-corrected chi connectivity index (χ3v) is 5.78. The maximum atomic E-state index is 12.9. The molecular formula is C28H25BrN2O5. The molecule has 0 N–H and O–H groups in total. The van der Waals surface area contributed by atoms with Gasteiger partial charge >= 0.3 is 5.97 Å². The van der Waals surface area contributed by atoms with Crippen LogP contribution in [0.1, 0.15) is 28.5 Å². The molecule has 3 aromatic carbocycles. The zero-order valence-electron chi connectivity index (χ0n) is 19.7. The maximum Gasteiger partial charge on any atom is 0.403 e. The molecule has 0 unspecified atom stereocenters. The van der Waals surface area contributed by atoms with E-state index in [1.165, 1.54) is 5.56 Å². The third-order valence-electron chi connectivity index (χ3n) is 5.78. The number of carbonyl (C=O) groups excluding carboxylic acids is 1. The first-order chi connectivity index (χ1) is 17.5. The molecule has 0 aliphatic heterocycles. The van der Waals surface area contributed by atoms with Gasteiger partial charge in [0.25, 0.3) is 5.69 Å². The average Bonchev–Trinajstić information content (AvgIpc) is 3.17. The summed E-state index contributed by atoms with van der Waals surface area (Å²) in [6, 6.07) is 31.0. The molecule has 36 heavy (non-hydrogen) atoms. The van der Waals surface area contributed by atoms with E-state index in [9.17, 15) is 4.79 Å². The second-order valence-corrected chi connectivity index (χ2v) is 8.86. The lowest BCUT2D eigenvalue weighted by molar-refractivity contribution is -1.73. The van der Waals surface area contributed by atoms with E-state index in [-0.39, 0.29) is 5.97 Å². The second-order valence-electron chi connectivity index (χ2n) is 8.07. The molecule has 2 aromatic heterocycles. The van der Waals surface area contributed by atoms with Gasteiger partial charge in [-0.05, 0) is 18.6 Å². The van der Waals surface area contributed by atoms with Crippen molar-refractivity contribution in [1.29, 1.82) is 0 Å². The Kier molecular flexibility index (Phi) is 8.45. The molecule has 184 valence electrons. The molecule has 0 bridgehead atoms. The molecule has 0 saturated carbocycles. The molecule has 5 rings (SSSR count). The van der Waals surface area contributed by atoms with E-state index in [1.54, 1.807) is 0 Å². The number of hydrogen-bond donors (Lipinski definition) is 0. The summed E-state index contributed by atoms with van der Waals surface area (Å²) in [7, 11) is 0. The third kappa shape index (κ3) is 5.98. The zero-order chi connectivity index (χ0) is 25.5. The zero-order valence-corrected chi connectivity index (χ0v) is 21.3. The number of para-hydroxylation sites is 1. The predicted molar refractivity (Wildman–Crippen MR) is 127 cm³/mol. The molecule has 0 aliphatic carbocycles. The number of aromatic nitrogens is 2. The van der Waals surface area contributed by atoms with Crippen molar-refractivity contribution in [2.24, 2.45) is 0 Å². The molecule has 0 spiro atoms. The first-order valence-electron chi connectivity index (χ1n) is 11.4. The summed E-state index contributed by atoms with van der Waals surface area (Å²) in [5.41, 5.74) is 5.18. The summed E-state index contributed by atoms with van der Waals surface area (Å²) in [4.78, 5) is 12.9. The fraction of sp³-hybridized carbons (Fsp3) is 0.143. The largest absolute Gasteiger partial charge is 0.458 e. The van der Waals surface area contributed by atoms with E-state index in [0.29, 0.717) is 18.8 Å². The van der Waals surface area contributed by atoms with Gasteiger partial charge in [-0.25, -0.2) is 4.79 Å². The van der Waals surface area contributed by atoms with Crippen LogP contribution in [0.25, 0.3) is 21.8 Å². The van der Waals surface area contributed by atoms with Crippen LogP contribution in [-0.4, -0.2) is 17.1 Å². The number of esters is 1. The lowest BCUT2D eigenvalue weighted by atomic mass is 10.1. The molecular weight excluding hydrogens is 524 g/mol. The van der Waals surface area contributed by atoms with Crippen molar-refractivity contribution in [3.63, 3.8) is 0 Å². The first-order valence-corrected chi connectivity index (χ1v) is 13.3. The number of ether oxygens (including phenoxy) is 1. The number of rotatable bonds is 6. The highest BCUT2D eigenvalue weighted by Crippen LogP contribution is 2.29. The molecule has 0 atom stereocenters. The van der Waals surface area contributed by atoms with Crippen molar-refractivity contribution in [3.8, 4) is 0 Å². The maximum absolute atomic E-state index is 12.9. The van der Waals surface area contributed by atoms with Crippen LogP contribution in [0.2, 0.25) is 0 Å². The highest BCUT2D eigenvalue weighted by molar-refractivity contribution is 6.09. The number of halogens is 1. The molecule has 0 saturated heterocycles. The Morgan fingerprint density at radius 3 is 2.06 bits per heavy atom. The van der Waals surface area contributed by atoms with Gasteiger partial charge in [0.2, 0.25) is 14.8 Å². The van der Waals surface area contributed by atoms with Crippen LogP contribution in [0, 0.1) is 14.8 Å². The normalized spacial score (nSPS) is 10.9. The van der Waals surface area contributed by atoms with Crippen molar-refractivity contribution >= 4 is 27.8 Å². The summed E-state index contributed by atoms with van der Waals surface area (Å²) in [6.07, 6.45) is 2.09. The van der Waals surface area contributed by atoms with Gasteiger partial charge in [0.1, 0.15) is 5.52 Å². The van der Waals surface area contributed by atoms with Gasteiger partial charge in [-0.3, -0.25) is 0 Å². The molecule has 0 aliphatic rings. The van der Waals surface area contributed by atoms with E-state index in [1.807, 2.05) is 47.9 Å². The number of pyridine rings is 1. The number of benzene rings is 3. The number of fused-ring (bicyclic) bond motifs is 3. The number of carbonyl (C=O) groups is 1. The Bertz CT molecular complexity index is 1450. The van der Waals surface area contributed by atoms with Gasteiger partial charge in [-0.2, -0.15) is 4.57 Å². The summed E-state index contributed by atoms with van der Waals surface area (Å²) >= 11 is -3.65. The Balaban J connectivity index is 0.000000709. The minimum atomic E-state index is -3.65. The van der Waals surface area contributed by atoms with Crippen molar-refractivity contribution in [1.82, 2.24) is 4.57 Å². The highest BCUT2D eigenvalue weighted by Gasteiger charge is 2.25. The molecule has 0 amide bonds. The van der Waals surface area contributed by atoms with Crippen LogP contribution in [-0.2, 0) is 17.8 Å². The molecule has 0 radical (unpaired) electrons. The van der Waals surface area contributed by atoms with Gasteiger partial charge in [0, 0.05) is 34.5 Å². The van der Waals surface area contributed by atoms with Gasteiger partial charge in [0.05, 0.1) is 6.61 Å². The Morgan fingerprint density at radius 1 is 0.833 bits per heavy atom. The van der Waals surface area contributed by atoms with E-state index in [0.717, 1.165) is 33.9 Å². The molecule has 0 fully saturated rings. The lowest BCUT2D eigenvalue weighted by Crippen LogP contribution is -2.42. The summed E-state index contributed by atoms with van der Waals surface area (Å²) in [5, 5.41) is 2.19. The van der Waals surface area contributed by atoms with Crippen LogP contribution in [0.4, 0.5) is 0 Å². The topological polar surface area (TPSA) is 104 Å². The van der Waals surface area contributed by atoms with Crippen molar-refractivity contribution < 1.29 is 41.5 Å². The molecule has 7 nitrogen and oxygen atoms in total. The van der Waals surface area contributed by atoms with Gasteiger partial charge in [-0.15, -0.1) is 0 Å². The van der Waals surface area contributed by atoms with Crippen LogP contribution in [0.5, 0.6) is 0 Å². The van der Waals surface area contributed by atoms with Crippen LogP contribution in [0.15, 0.2) is 97.2 Å². The Hall–Kier alpha value is -3.56. The lowest BCUT2D eigenvalue weighted by Gasteiger charge is -2.09. The monoisotopic (exact) mass is 548 g/mol. The highest BCUT2D eigenvalue weighted by atomic mass is 80.0. The van der Waals surface area contributed by atoms with Crippen LogP contribution >= 0.6 is 0 Å². The summed E-state index contributed by atoms with van der Waals surface area (Å²) in [5.74, 6) is -0.301. The predicted octanol–water partition coefficient (Wildman–Crippen LogP) is 1.79. The molecule has 2 heterocycles. The standard InChI is InChI=1S/C28H25N2O2.BrO3/c1-2-32-28(31)26-17-24-23-15-9-10-16-25(23)30(19-22-13-7-4-8-14-22)27(24)20-29(26)18-21-11-5-3-6-12-21;2-1(3)4/h3-17,20H,2,18-19H2,1H3;/q+1;-1. The van der Waals surface area contributed by atoms with Crippen molar-refractivity contribution in [2.75, 3.05) is 6.61 Å². The molecule has 8 heteroatoms. The van der Waals surface area contributed by atoms with E-state index >= 15 is 0 Å². The van der Waals surface area contributed by atoms with Crippen LogP contribution in [0.3, 0.4) is 0 Å². The van der Waals surface area contributed by atoms with Crippen molar-refractivity contribution in [2.45, 2.75) is 20.0 Å². The summed E-state index contributed by atoms with van der Waals surface area (Å²) in [6.45, 7) is 3.54. The van der Waals surface area contributed by atoms with E-state index in [2.05, 4.69) is 65.4 Å². The van der Waals surface area contributed by atoms with Gasteiger partial charge < -0.3 is 21.9 Å². The minimum absolute atomic E-state index is 0.301. The SMILES string of the molecule is CCOC(=O)c1cc2c3ccccc3n(Cc3ccccc3)c2c[n+]1Cc1ccccc1.[O-][Br+2]([O-])[O-]. The van der Waals surface area contributed by atoms with E-state index < -0.39 is 14.8 Å². The smallest absolute Gasteiger partial charge is 0.403 e. The molecule has 5 aromatic rings. The second kappa shape index (κ2) is 11.9. The first kappa shape index (κ1) is 25.5. The number of hydrogen-bond acceptors (Lipinski definition) is 5. The Morgan fingerprint density at radius 2 is 1.42 bits per heavy atom. The number of nitrogens with zero attached hydrogens (tertiary/aromatic N) is 2. The fourth-order valence-electron chi connectivity index (χ4n) is 4.31. The Labute approximate surface area is 214 Å². The van der Waals surface area contributed by atoms with Crippen LogP contribution < -0.4 is 17.2 Å². The summed E-state index contributed by atoms with van der Waals surface area (Å²) < 4.78 is 35.3. The van der Waals surface area contributed by atoms with Gasteiger partial charge in [-0.1, -0.05) is 78.9 Å². The fourth-order valence-corrected chi connectivity index (χ4v) is 4.31. The average molecular weight is 549 g/mol. The van der Waals surface area contributed by atoms with Crippen molar-refractivity contribution in [3.05, 3.63) is 114 Å². The quantitative estimate of drug-likeness (QED) is 0.237. The minimum Gasteiger partial charge on any atom is -0.458 e. The van der Waals surface area contributed by atoms with E-state index in [4.69, 9.17) is 17.3 Å². The van der Waals surface area contributed by atoms with Gasteiger partial charge in [0.15, 0.2) is 12.7 Å².